The Bertz CT molecular complexity index is 2570. The third-order valence-electron chi connectivity index (χ3n) is 11.0. The Labute approximate surface area is 378 Å². The Hall–Kier alpha value is -6.38. The zero-order chi connectivity index (χ0) is 45.9. The summed E-state index contributed by atoms with van der Waals surface area (Å²) >= 11 is 0. The average molecular weight is 903 g/mol. The van der Waals surface area contributed by atoms with Gasteiger partial charge >= 0.3 is 14.3 Å². The number of hydrogen-bond acceptors (Lipinski definition) is 12. The number of nitrogens with zero attached hydrogens (tertiary/aromatic N) is 1. The van der Waals surface area contributed by atoms with Crippen LogP contribution in [-0.2, 0) is 28.6 Å². The van der Waals surface area contributed by atoms with Crippen LogP contribution in [0.25, 0.3) is 0 Å². The summed E-state index contributed by atoms with van der Waals surface area (Å²) in [5, 5.41) is 0. The molecule has 1 aromatic heterocycles. The molecule has 1 aliphatic heterocycles. The number of aryl methyl sites for hydroxylation is 1. The third kappa shape index (κ3) is 10.6. The Morgan fingerprint density at radius 3 is 1.91 bits per heavy atom. The molecule has 1 saturated heterocycles. The summed E-state index contributed by atoms with van der Waals surface area (Å²) in [6, 6.07) is 38.8. The topological polar surface area (TPSA) is 155 Å². The van der Waals surface area contributed by atoms with Crippen molar-refractivity contribution >= 4 is 14.4 Å². The molecule has 2 unspecified atom stereocenters. The highest BCUT2D eigenvalue weighted by Crippen LogP contribution is 2.51. The van der Waals surface area contributed by atoms with Gasteiger partial charge in [-0.2, -0.15) is 0 Å². The highest BCUT2D eigenvalue weighted by molar-refractivity contribution is 7.41. The van der Waals surface area contributed by atoms with Gasteiger partial charge in [-0.3, -0.25) is 23.7 Å². The molecule has 14 nitrogen and oxygen atoms in total. The minimum atomic E-state index is -2.39. The predicted octanol–water partition coefficient (Wildman–Crippen LogP) is 8.63. The molecule has 0 amide bonds. The molecule has 1 N–H and O–H groups in total. The standard InChI is InChI=1S/C50H51N2O12P/c1-7-26-61-65(64-47(46(53)34-14-10-8-11-15-34)35-27-41(58-5)29-42(28-35)59-6)63-43-30-45(52-31-33(2)48(54)51-49(52)55)62-44(43)32-60-50(36-16-12-9-13-17-36,37-18-22-39(56-3)23-19-37)38-20-24-40(57-4)25-21-38/h7-25,27-29,31,43-45,47H,1,26,30,32H2,2-6H3,(H,51,54,55)/t43-,44+,45+,47?,65?/m0/s1. The lowest BCUT2D eigenvalue weighted by Crippen LogP contribution is -2.38. The van der Waals surface area contributed by atoms with E-state index in [0.29, 0.717) is 39.7 Å². The molecule has 0 saturated carbocycles. The number of aromatic amines is 1. The van der Waals surface area contributed by atoms with Gasteiger partial charge in [-0.25, -0.2) is 4.79 Å². The van der Waals surface area contributed by atoms with Crippen LogP contribution in [-0.4, -0.2) is 69.2 Å². The van der Waals surface area contributed by atoms with Crippen molar-refractivity contribution in [3.05, 3.63) is 200 Å². The first-order valence-electron chi connectivity index (χ1n) is 20.8. The number of aromatic nitrogens is 2. The van der Waals surface area contributed by atoms with E-state index in [-0.39, 0.29) is 25.4 Å². The molecule has 0 radical (unpaired) electrons. The van der Waals surface area contributed by atoms with E-state index in [4.69, 9.17) is 42.0 Å². The monoisotopic (exact) mass is 902 g/mol. The summed E-state index contributed by atoms with van der Waals surface area (Å²) in [5.41, 5.74) is 1.08. The van der Waals surface area contributed by atoms with Crippen molar-refractivity contribution in [2.24, 2.45) is 0 Å². The largest absolute Gasteiger partial charge is 0.497 e. The zero-order valence-electron chi connectivity index (χ0n) is 36.7. The Balaban J connectivity index is 1.31. The van der Waals surface area contributed by atoms with E-state index in [9.17, 15) is 14.4 Å². The van der Waals surface area contributed by atoms with Gasteiger partial charge in [-0.05, 0) is 65.6 Å². The molecule has 6 aromatic rings. The summed E-state index contributed by atoms with van der Waals surface area (Å²) in [4.78, 5) is 42.7. The van der Waals surface area contributed by atoms with Crippen LogP contribution in [0.2, 0.25) is 0 Å². The van der Waals surface area contributed by atoms with Gasteiger partial charge < -0.3 is 37.5 Å². The van der Waals surface area contributed by atoms with Crippen molar-refractivity contribution in [3.8, 4) is 23.0 Å². The summed E-state index contributed by atoms with van der Waals surface area (Å²) in [7, 11) is 3.85. The fourth-order valence-electron chi connectivity index (χ4n) is 7.60. The number of H-pyrrole nitrogens is 1. The van der Waals surface area contributed by atoms with Crippen LogP contribution in [0.4, 0.5) is 0 Å². The number of Topliss-reactive ketones (excluding diaryl/α,β-unsaturated/α-hetero) is 1. The molecule has 5 aromatic carbocycles. The lowest BCUT2D eigenvalue weighted by Gasteiger charge is -2.37. The first kappa shape index (κ1) is 46.6. The second kappa shape index (κ2) is 21.5. The van der Waals surface area contributed by atoms with Crippen molar-refractivity contribution in [1.82, 2.24) is 9.55 Å². The van der Waals surface area contributed by atoms with Crippen molar-refractivity contribution in [2.45, 2.75) is 43.5 Å². The quantitative estimate of drug-likeness (QED) is 0.0318. The van der Waals surface area contributed by atoms with Gasteiger partial charge in [0.25, 0.3) is 5.56 Å². The number of ketones is 1. The molecule has 0 bridgehead atoms. The lowest BCUT2D eigenvalue weighted by atomic mass is 9.80. The first-order valence-corrected chi connectivity index (χ1v) is 21.9. The number of carbonyl (C=O) groups is 1. The summed E-state index contributed by atoms with van der Waals surface area (Å²) in [6.07, 6.45) is -0.863. The van der Waals surface area contributed by atoms with E-state index in [1.54, 1.807) is 69.7 Å². The van der Waals surface area contributed by atoms with Gasteiger partial charge in [0.15, 0.2) is 11.9 Å². The third-order valence-corrected chi connectivity index (χ3v) is 12.1. The van der Waals surface area contributed by atoms with Crippen molar-refractivity contribution < 1.29 is 46.8 Å². The van der Waals surface area contributed by atoms with Crippen LogP contribution < -0.4 is 30.2 Å². The summed E-state index contributed by atoms with van der Waals surface area (Å²) in [6.45, 7) is 5.33. The number of hydrogen-bond donors (Lipinski definition) is 1. The van der Waals surface area contributed by atoms with Crippen LogP contribution in [0, 0.1) is 6.92 Å². The number of carbonyl (C=O) groups excluding carboxylic acids is 1. The van der Waals surface area contributed by atoms with E-state index < -0.39 is 50.0 Å². The average Bonchev–Trinajstić information content (AvgIpc) is 3.75. The van der Waals surface area contributed by atoms with E-state index in [1.807, 2.05) is 84.9 Å². The van der Waals surface area contributed by atoms with Crippen molar-refractivity contribution in [2.75, 3.05) is 41.7 Å². The maximum atomic E-state index is 14.4. The number of methoxy groups -OCH3 is 4. The molecule has 0 spiro atoms. The molecule has 15 heteroatoms. The van der Waals surface area contributed by atoms with Gasteiger partial charge in [0, 0.05) is 29.8 Å². The van der Waals surface area contributed by atoms with Crippen LogP contribution in [0.3, 0.4) is 0 Å². The maximum absolute atomic E-state index is 14.4. The smallest absolute Gasteiger partial charge is 0.334 e. The second-order valence-corrected chi connectivity index (χ2v) is 16.1. The minimum Gasteiger partial charge on any atom is -0.497 e. The number of benzene rings is 5. The van der Waals surface area contributed by atoms with E-state index >= 15 is 0 Å². The second-order valence-electron chi connectivity index (χ2n) is 15.0. The molecule has 1 aliphatic rings. The summed E-state index contributed by atoms with van der Waals surface area (Å²) < 4.78 is 57.1. The van der Waals surface area contributed by atoms with Gasteiger partial charge in [0.05, 0.1) is 47.8 Å². The molecule has 2 heterocycles. The fraction of sp³-hybridized carbons (Fsp3) is 0.260. The minimum absolute atomic E-state index is 0.00217. The number of rotatable bonds is 21. The summed E-state index contributed by atoms with van der Waals surface area (Å²) in [5.74, 6) is 1.82. The molecule has 1 fully saturated rings. The SMILES string of the molecule is C=CCOP(OC(C(=O)c1ccccc1)c1cc(OC)cc(OC)c1)O[C@H]1C[C@H](n2cc(C)c(=O)[nH]c2=O)O[C@@H]1COC(c1ccccc1)(c1ccc(OC)cc1)c1ccc(OC)cc1. The van der Waals surface area contributed by atoms with Crippen molar-refractivity contribution in [1.29, 1.82) is 0 Å². The normalized spacial score (nSPS) is 16.9. The molecule has 5 atom stereocenters. The molecule has 7 rings (SSSR count). The highest BCUT2D eigenvalue weighted by Gasteiger charge is 2.45. The Kier molecular flexibility index (Phi) is 15.4. The number of nitrogens with one attached hydrogen (secondary N) is 1. The van der Waals surface area contributed by atoms with Gasteiger partial charge in [0.2, 0.25) is 0 Å². The van der Waals surface area contributed by atoms with Gasteiger partial charge in [-0.15, -0.1) is 6.58 Å². The number of ether oxygens (including phenoxy) is 6. The van der Waals surface area contributed by atoms with E-state index in [2.05, 4.69) is 11.6 Å². The molecular formula is C50H51N2O12P. The fourth-order valence-corrected chi connectivity index (χ4v) is 8.84. The first-order chi connectivity index (χ1) is 31.6. The van der Waals surface area contributed by atoms with Crippen LogP contribution in [0.15, 0.2) is 156 Å². The lowest BCUT2D eigenvalue weighted by molar-refractivity contribution is -0.0932. The molecule has 0 aliphatic carbocycles. The van der Waals surface area contributed by atoms with E-state index in [1.165, 1.54) is 25.0 Å². The van der Waals surface area contributed by atoms with Crippen molar-refractivity contribution in [3.63, 3.8) is 0 Å². The zero-order valence-corrected chi connectivity index (χ0v) is 37.6. The Morgan fingerprint density at radius 1 is 0.800 bits per heavy atom. The Morgan fingerprint density at radius 2 is 1.35 bits per heavy atom. The van der Waals surface area contributed by atoms with E-state index in [0.717, 1.165) is 16.7 Å². The predicted molar refractivity (Wildman–Crippen MR) is 245 cm³/mol. The molecule has 65 heavy (non-hydrogen) atoms. The highest BCUT2D eigenvalue weighted by atomic mass is 31.2. The van der Waals surface area contributed by atoms with Crippen LogP contribution in [0.1, 0.15) is 56.9 Å². The van der Waals surface area contributed by atoms with Crippen LogP contribution >= 0.6 is 8.60 Å². The van der Waals surface area contributed by atoms with Gasteiger partial charge in [-0.1, -0.05) is 91.0 Å². The van der Waals surface area contributed by atoms with Crippen LogP contribution in [0.5, 0.6) is 23.0 Å². The molecule has 338 valence electrons. The van der Waals surface area contributed by atoms with Gasteiger partial charge in [0.1, 0.15) is 40.9 Å². The molecular weight excluding hydrogens is 852 g/mol. The maximum Gasteiger partial charge on any atom is 0.334 e.